The zero-order chi connectivity index (χ0) is 18.7. The van der Waals surface area contributed by atoms with Gasteiger partial charge in [0.25, 0.3) is 0 Å². The summed E-state index contributed by atoms with van der Waals surface area (Å²) in [5.41, 5.74) is 2.79. The maximum absolute atomic E-state index is 12.1. The Morgan fingerprint density at radius 1 is 1.19 bits per heavy atom. The number of amides is 1. The predicted molar refractivity (Wildman–Crippen MR) is 109 cm³/mol. The van der Waals surface area contributed by atoms with Crippen LogP contribution < -0.4 is 10.1 Å². The minimum Gasteiger partial charge on any atom is -0.494 e. The van der Waals surface area contributed by atoms with E-state index in [9.17, 15) is 4.79 Å². The van der Waals surface area contributed by atoms with E-state index in [1.807, 2.05) is 38.1 Å². The number of hydrogen-bond donors (Lipinski definition) is 1. The van der Waals surface area contributed by atoms with Crippen molar-refractivity contribution in [2.24, 2.45) is 0 Å². The zero-order valence-corrected chi connectivity index (χ0v) is 16.8. The molecule has 3 aromatic rings. The van der Waals surface area contributed by atoms with Crippen LogP contribution in [0.25, 0.3) is 10.2 Å². The van der Waals surface area contributed by atoms with Gasteiger partial charge in [0.2, 0.25) is 5.91 Å². The lowest BCUT2D eigenvalue weighted by Crippen LogP contribution is -2.12. The van der Waals surface area contributed by atoms with Crippen LogP contribution in [0.15, 0.2) is 30.3 Å². The Hall–Kier alpha value is -1.82. The molecule has 0 fully saturated rings. The maximum Gasteiger partial charge on any atom is 0.226 e. The van der Waals surface area contributed by atoms with Crippen molar-refractivity contribution in [3.8, 4) is 5.75 Å². The Morgan fingerprint density at radius 3 is 2.65 bits per heavy atom. The van der Waals surface area contributed by atoms with E-state index in [0.29, 0.717) is 29.6 Å². The van der Waals surface area contributed by atoms with Gasteiger partial charge in [0, 0.05) is 16.5 Å². The molecule has 0 aliphatic heterocycles. The second-order valence-corrected chi connectivity index (χ2v) is 7.85. The summed E-state index contributed by atoms with van der Waals surface area (Å²) in [4.78, 5) is 16.5. The fraction of sp³-hybridized carbons (Fsp3) is 0.263. The van der Waals surface area contributed by atoms with E-state index in [4.69, 9.17) is 27.9 Å². The third-order valence-corrected chi connectivity index (χ3v) is 5.59. The van der Waals surface area contributed by atoms with E-state index in [1.54, 1.807) is 6.07 Å². The molecule has 0 unspecified atom stereocenters. The maximum atomic E-state index is 12.1. The Balaban J connectivity index is 1.48. The van der Waals surface area contributed by atoms with Crippen LogP contribution in [0.3, 0.4) is 0 Å². The summed E-state index contributed by atoms with van der Waals surface area (Å²) in [7, 11) is 0. The summed E-state index contributed by atoms with van der Waals surface area (Å²) < 4.78 is 6.67. The number of fused-ring (bicyclic) bond motifs is 1. The number of aryl methyl sites for hydroxylation is 2. The molecule has 3 rings (SSSR count). The van der Waals surface area contributed by atoms with Crippen LogP contribution in [0.2, 0.25) is 10.0 Å². The topological polar surface area (TPSA) is 51.2 Å². The van der Waals surface area contributed by atoms with Crippen LogP contribution in [0.1, 0.15) is 24.0 Å². The summed E-state index contributed by atoms with van der Waals surface area (Å²) in [5, 5.41) is 4.82. The lowest BCUT2D eigenvalue weighted by Gasteiger charge is -2.09. The number of halogens is 2. The lowest BCUT2D eigenvalue weighted by atomic mass is 10.1. The van der Waals surface area contributed by atoms with Gasteiger partial charge in [0.1, 0.15) is 5.75 Å². The highest BCUT2D eigenvalue weighted by molar-refractivity contribution is 7.22. The molecule has 1 N–H and O–H groups in total. The van der Waals surface area contributed by atoms with Gasteiger partial charge in [-0.15, -0.1) is 0 Å². The van der Waals surface area contributed by atoms with Gasteiger partial charge in [-0.05, 0) is 61.7 Å². The third kappa shape index (κ3) is 4.67. The van der Waals surface area contributed by atoms with Gasteiger partial charge >= 0.3 is 0 Å². The number of benzene rings is 2. The van der Waals surface area contributed by atoms with E-state index in [-0.39, 0.29) is 5.91 Å². The molecule has 2 aromatic carbocycles. The second kappa shape index (κ2) is 8.25. The quantitative estimate of drug-likeness (QED) is 0.507. The number of carbonyl (C=O) groups is 1. The number of nitrogens with one attached hydrogen (secondary N) is 1. The molecule has 0 atom stereocenters. The molecule has 1 amide bonds. The van der Waals surface area contributed by atoms with Crippen molar-refractivity contribution >= 4 is 55.8 Å². The number of hydrogen-bond acceptors (Lipinski definition) is 4. The third-order valence-electron chi connectivity index (χ3n) is 3.82. The number of ether oxygens (including phenoxy) is 1. The van der Waals surface area contributed by atoms with Crippen LogP contribution in [0.4, 0.5) is 5.13 Å². The van der Waals surface area contributed by atoms with Gasteiger partial charge in [-0.2, -0.15) is 0 Å². The first kappa shape index (κ1) is 19.0. The van der Waals surface area contributed by atoms with Crippen molar-refractivity contribution in [2.45, 2.75) is 26.7 Å². The van der Waals surface area contributed by atoms with Crippen LogP contribution in [-0.2, 0) is 4.79 Å². The Labute approximate surface area is 166 Å². The van der Waals surface area contributed by atoms with E-state index in [0.717, 1.165) is 32.1 Å². The van der Waals surface area contributed by atoms with E-state index >= 15 is 0 Å². The number of anilines is 1. The molecule has 4 nitrogen and oxygen atoms in total. The first-order chi connectivity index (χ1) is 12.4. The summed E-state index contributed by atoms with van der Waals surface area (Å²) >= 11 is 13.5. The number of aromatic nitrogens is 1. The van der Waals surface area contributed by atoms with E-state index in [2.05, 4.69) is 10.3 Å². The Kier molecular flexibility index (Phi) is 6.01. The fourth-order valence-corrected chi connectivity index (χ4v) is 3.81. The smallest absolute Gasteiger partial charge is 0.226 e. The standard InChI is InChI=1S/C19H18Cl2N2O2S/c1-11-8-14(9-12(2)18(11)21)25-7-3-4-17(24)23-19-22-15-6-5-13(20)10-16(15)26-19/h5-6,8-10H,3-4,7H2,1-2H3,(H,22,23,24). The molecule has 1 heterocycles. The van der Waals surface area contributed by atoms with Crippen LogP contribution in [0.5, 0.6) is 5.75 Å². The highest BCUT2D eigenvalue weighted by Crippen LogP contribution is 2.28. The highest BCUT2D eigenvalue weighted by Gasteiger charge is 2.09. The highest BCUT2D eigenvalue weighted by atomic mass is 35.5. The summed E-state index contributed by atoms with van der Waals surface area (Å²) in [5.74, 6) is 0.690. The van der Waals surface area contributed by atoms with Crippen molar-refractivity contribution in [1.29, 1.82) is 0 Å². The number of nitrogens with zero attached hydrogens (tertiary/aromatic N) is 1. The number of carbonyl (C=O) groups excluding carboxylic acids is 1. The minimum atomic E-state index is -0.0813. The van der Waals surface area contributed by atoms with E-state index < -0.39 is 0 Å². The van der Waals surface area contributed by atoms with Crippen LogP contribution in [-0.4, -0.2) is 17.5 Å². The molecule has 7 heteroatoms. The first-order valence-electron chi connectivity index (χ1n) is 8.18. The largest absolute Gasteiger partial charge is 0.494 e. The summed E-state index contributed by atoms with van der Waals surface area (Å²) in [6, 6.07) is 9.28. The van der Waals surface area contributed by atoms with Crippen LogP contribution >= 0.6 is 34.5 Å². The number of thiazole rings is 1. The van der Waals surface area contributed by atoms with Gasteiger partial charge in [-0.3, -0.25) is 4.79 Å². The van der Waals surface area contributed by atoms with Crippen molar-refractivity contribution in [2.75, 3.05) is 11.9 Å². The first-order valence-corrected chi connectivity index (χ1v) is 9.75. The van der Waals surface area contributed by atoms with Crippen molar-refractivity contribution in [1.82, 2.24) is 4.98 Å². The molecule has 0 aliphatic rings. The Morgan fingerprint density at radius 2 is 1.92 bits per heavy atom. The van der Waals surface area contributed by atoms with Crippen molar-refractivity contribution in [3.63, 3.8) is 0 Å². The summed E-state index contributed by atoms with van der Waals surface area (Å²) in [6.07, 6.45) is 0.978. The molecule has 0 saturated carbocycles. The normalized spacial score (nSPS) is 10.9. The SMILES string of the molecule is Cc1cc(OCCCC(=O)Nc2nc3ccc(Cl)cc3s2)cc(C)c1Cl. The van der Waals surface area contributed by atoms with Gasteiger partial charge in [0.05, 0.1) is 16.8 Å². The van der Waals surface area contributed by atoms with Gasteiger partial charge in [-0.1, -0.05) is 34.5 Å². The lowest BCUT2D eigenvalue weighted by molar-refractivity contribution is -0.116. The van der Waals surface area contributed by atoms with Gasteiger partial charge in [0.15, 0.2) is 5.13 Å². The molecule has 1 aromatic heterocycles. The fourth-order valence-electron chi connectivity index (χ4n) is 2.55. The molecule has 0 aliphatic carbocycles. The average molecular weight is 409 g/mol. The molecule has 136 valence electrons. The predicted octanol–water partition coefficient (Wildman–Crippen LogP) is 6.02. The van der Waals surface area contributed by atoms with E-state index in [1.165, 1.54) is 11.3 Å². The monoisotopic (exact) mass is 408 g/mol. The van der Waals surface area contributed by atoms with Crippen molar-refractivity contribution in [3.05, 3.63) is 51.5 Å². The average Bonchev–Trinajstić information content (AvgIpc) is 2.97. The van der Waals surface area contributed by atoms with Crippen LogP contribution in [0, 0.1) is 13.8 Å². The second-order valence-electron chi connectivity index (χ2n) is 6.00. The molecular weight excluding hydrogens is 391 g/mol. The molecule has 26 heavy (non-hydrogen) atoms. The zero-order valence-electron chi connectivity index (χ0n) is 14.4. The number of rotatable bonds is 6. The molecule has 0 spiro atoms. The van der Waals surface area contributed by atoms with Gasteiger partial charge in [-0.25, -0.2) is 4.98 Å². The molecule has 0 radical (unpaired) electrons. The molecular formula is C19H18Cl2N2O2S. The molecule has 0 saturated heterocycles. The minimum absolute atomic E-state index is 0.0813. The molecule has 0 bridgehead atoms. The summed E-state index contributed by atoms with van der Waals surface area (Å²) in [6.45, 7) is 4.35. The van der Waals surface area contributed by atoms with Crippen molar-refractivity contribution < 1.29 is 9.53 Å². The van der Waals surface area contributed by atoms with Gasteiger partial charge < -0.3 is 10.1 Å². The Bertz CT molecular complexity index is 933.